The Morgan fingerprint density at radius 2 is 1.79 bits per heavy atom. The van der Waals surface area contributed by atoms with Crippen molar-refractivity contribution in [1.82, 2.24) is 0 Å². The molecular weight excluding hydrogens is 506 g/mol. The smallest absolute Gasteiger partial charge is 0.266 e. The predicted octanol–water partition coefficient (Wildman–Crippen LogP) is 5.93. The van der Waals surface area contributed by atoms with E-state index in [0.29, 0.717) is 29.3 Å². The molecule has 9 heteroatoms. The first-order chi connectivity index (χ1) is 18.2. The number of anilines is 2. The Morgan fingerprint density at radius 3 is 2.45 bits per heavy atom. The Kier molecular flexibility index (Phi) is 9.74. The average molecular weight is 534 g/mol. The zero-order valence-corrected chi connectivity index (χ0v) is 22.3. The molecule has 0 fully saturated rings. The molecule has 38 heavy (non-hydrogen) atoms. The highest BCUT2D eigenvalue weighted by atomic mass is 35.5. The molecule has 8 nitrogen and oxygen atoms in total. The van der Waals surface area contributed by atoms with Gasteiger partial charge in [-0.15, -0.1) is 0 Å². The third-order valence-corrected chi connectivity index (χ3v) is 5.86. The van der Waals surface area contributed by atoms with Crippen LogP contribution in [-0.2, 0) is 9.59 Å². The van der Waals surface area contributed by atoms with Gasteiger partial charge in [0.15, 0.2) is 18.1 Å². The lowest BCUT2D eigenvalue weighted by molar-refractivity contribution is -0.118. The highest BCUT2D eigenvalue weighted by Crippen LogP contribution is 2.37. The van der Waals surface area contributed by atoms with Crippen molar-refractivity contribution in [2.45, 2.75) is 20.8 Å². The molecule has 196 valence electrons. The fourth-order valence-corrected chi connectivity index (χ4v) is 3.76. The van der Waals surface area contributed by atoms with Crippen LogP contribution in [0.25, 0.3) is 6.08 Å². The van der Waals surface area contributed by atoms with E-state index in [1.807, 2.05) is 45.0 Å². The third-order valence-electron chi connectivity index (χ3n) is 5.58. The number of benzene rings is 3. The Hall–Kier alpha value is -4.48. The molecule has 0 aliphatic rings. The van der Waals surface area contributed by atoms with Crippen molar-refractivity contribution in [3.63, 3.8) is 0 Å². The Bertz CT molecular complexity index is 1390. The van der Waals surface area contributed by atoms with Crippen LogP contribution in [0.2, 0.25) is 5.02 Å². The summed E-state index contributed by atoms with van der Waals surface area (Å²) in [6.07, 6.45) is 1.38. The molecule has 0 aliphatic heterocycles. The molecule has 0 aliphatic carbocycles. The van der Waals surface area contributed by atoms with Crippen molar-refractivity contribution in [3.05, 3.63) is 81.9 Å². The molecule has 2 N–H and O–H groups in total. The SMILES string of the molecule is CCOc1ccc(NC(=O)/C(C#N)=C/c2cc(Cl)c(OCC(=O)Nc3cccc(C)c3C)c(OC)c2)cc1. The number of methoxy groups -OCH3 is 1. The standard InChI is InChI=1S/C29H28ClN3O5/c1-5-37-23-11-9-22(10-12-23)32-29(35)21(16-31)13-20-14-24(30)28(26(15-20)36-4)38-17-27(34)33-25-8-6-7-18(2)19(25)3/h6-15H,5,17H2,1-4H3,(H,32,35)(H,33,34)/b21-13+. The lowest BCUT2D eigenvalue weighted by Gasteiger charge is -2.14. The Balaban J connectivity index is 1.72. The topological polar surface area (TPSA) is 110 Å². The van der Waals surface area contributed by atoms with Gasteiger partial charge in [0.1, 0.15) is 17.4 Å². The van der Waals surface area contributed by atoms with Crippen LogP contribution >= 0.6 is 11.6 Å². The maximum atomic E-state index is 12.7. The molecule has 0 heterocycles. The molecule has 0 radical (unpaired) electrons. The van der Waals surface area contributed by atoms with E-state index in [2.05, 4.69) is 10.6 Å². The van der Waals surface area contributed by atoms with Crippen LogP contribution in [0.5, 0.6) is 17.2 Å². The molecule has 3 rings (SSSR count). The molecule has 0 saturated heterocycles. The normalized spacial score (nSPS) is 10.8. The third kappa shape index (κ3) is 7.28. The number of rotatable bonds is 10. The van der Waals surface area contributed by atoms with Gasteiger partial charge in [0.2, 0.25) is 0 Å². The number of halogens is 1. The van der Waals surface area contributed by atoms with Crippen molar-refractivity contribution in [1.29, 1.82) is 5.26 Å². The van der Waals surface area contributed by atoms with E-state index in [1.54, 1.807) is 30.3 Å². The van der Waals surface area contributed by atoms with Crippen molar-refractivity contribution < 1.29 is 23.8 Å². The first-order valence-electron chi connectivity index (χ1n) is 11.8. The summed E-state index contributed by atoms with van der Waals surface area (Å²) in [5.74, 6) is 0.134. The lowest BCUT2D eigenvalue weighted by Crippen LogP contribution is -2.21. The summed E-state index contributed by atoms with van der Waals surface area (Å²) < 4.78 is 16.4. The quantitative estimate of drug-likeness (QED) is 0.247. The van der Waals surface area contributed by atoms with Gasteiger partial charge in [-0.2, -0.15) is 5.26 Å². The van der Waals surface area contributed by atoms with Gasteiger partial charge in [-0.3, -0.25) is 9.59 Å². The highest BCUT2D eigenvalue weighted by molar-refractivity contribution is 6.32. The second kappa shape index (κ2) is 13.2. The number of amides is 2. The summed E-state index contributed by atoms with van der Waals surface area (Å²) in [6.45, 7) is 6.00. The number of nitrogens with one attached hydrogen (secondary N) is 2. The van der Waals surface area contributed by atoms with Crippen molar-refractivity contribution >= 4 is 40.9 Å². The highest BCUT2D eigenvalue weighted by Gasteiger charge is 2.16. The number of nitriles is 1. The molecule has 3 aromatic rings. The minimum absolute atomic E-state index is 0.140. The van der Waals surface area contributed by atoms with Gasteiger partial charge in [-0.25, -0.2) is 0 Å². The van der Waals surface area contributed by atoms with E-state index >= 15 is 0 Å². The van der Waals surface area contributed by atoms with E-state index in [1.165, 1.54) is 19.3 Å². The van der Waals surface area contributed by atoms with Gasteiger partial charge >= 0.3 is 0 Å². The molecule has 2 amide bonds. The molecular formula is C29H28ClN3O5. The van der Waals surface area contributed by atoms with Gasteiger partial charge in [0.25, 0.3) is 11.8 Å². The van der Waals surface area contributed by atoms with Crippen LogP contribution in [0, 0.1) is 25.2 Å². The van der Waals surface area contributed by atoms with Crippen molar-refractivity contribution in [2.75, 3.05) is 31.0 Å². The van der Waals surface area contributed by atoms with Gasteiger partial charge in [0, 0.05) is 11.4 Å². The summed E-state index contributed by atoms with van der Waals surface area (Å²) in [4.78, 5) is 25.1. The Labute approximate surface area is 226 Å². The van der Waals surface area contributed by atoms with Crippen LogP contribution in [-0.4, -0.2) is 32.1 Å². The number of hydrogen-bond donors (Lipinski definition) is 2. The monoisotopic (exact) mass is 533 g/mol. The van der Waals surface area contributed by atoms with Crippen molar-refractivity contribution in [3.8, 4) is 23.3 Å². The summed E-state index contributed by atoms with van der Waals surface area (Å²) in [5.41, 5.74) is 3.54. The summed E-state index contributed by atoms with van der Waals surface area (Å²) in [7, 11) is 1.42. The molecule has 0 spiro atoms. The minimum Gasteiger partial charge on any atom is -0.494 e. The molecule has 0 unspecified atom stereocenters. The van der Waals surface area contributed by atoms with E-state index in [-0.39, 0.29) is 34.6 Å². The van der Waals surface area contributed by atoms with E-state index in [4.69, 9.17) is 25.8 Å². The second-order valence-corrected chi connectivity index (χ2v) is 8.61. The number of carbonyl (C=O) groups is 2. The van der Waals surface area contributed by atoms with Crippen LogP contribution in [0.15, 0.2) is 60.2 Å². The van der Waals surface area contributed by atoms with Crippen molar-refractivity contribution in [2.24, 2.45) is 0 Å². The van der Waals surface area contributed by atoms with Gasteiger partial charge in [-0.05, 0) is 86.0 Å². The maximum absolute atomic E-state index is 12.7. The van der Waals surface area contributed by atoms with Gasteiger partial charge < -0.3 is 24.8 Å². The van der Waals surface area contributed by atoms with Crippen LogP contribution in [0.1, 0.15) is 23.6 Å². The second-order valence-electron chi connectivity index (χ2n) is 8.20. The number of nitrogens with zero attached hydrogens (tertiary/aromatic N) is 1. The lowest BCUT2D eigenvalue weighted by atomic mass is 10.1. The van der Waals surface area contributed by atoms with Gasteiger partial charge in [-0.1, -0.05) is 23.7 Å². The molecule has 0 bridgehead atoms. The molecule has 3 aromatic carbocycles. The fourth-order valence-electron chi connectivity index (χ4n) is 3.49. The summed E-state index contributed by atoms with van der Waals surface area (Å²) in [6, 6.07) is 17.4. The van der Waals surface area contributed by atoms with Crippen LogP contribution < -0.4 is 24.8 Å². The number of hydrogen-bond acceptors (Lipinski definition) is 6. The van der Waals surface area contributed by atoms with Crippen LogP contribution in [0.4, 0.5) is 11.4 Å². The van der Waals surface area contributed by atoms with Crippen LogP contribution in [0.3, 0.4) is 0 Å². The largest absolute Gasteiger partial charge is 0.494 e. The average Bonchev–Trinajstić information content (AvgIpc) is 2.90. The number of carbonyl (C=O) groups excluding carboxylic acids is 2. The Morgan fingerprint density at radius 1 is 1.05 bits per heavy atom. The van der Waals surface area contributed by atoms with E-state index in [9.17, 15) is 14.9 Å². The fraction of sp³-hybridized carbons (Fsp3) is 0.207. The zero-order valence-electron chi connectivity index (χ0n) is 21.6. The minimum atomic E-state index is -0.588. The first kappa shape index (κ1) is 28.1. The summed E-state index contributed by atoms with van der Waals surface area (Å²) in [5, 5.41) is 15.2. The maximum Gasteiger partial charge on any atom is 0.266 e. The zero-order chi connectivity index (χ0) is 27.7. The number of aryl methyl sites for hydroxylation is 1. The van der Waals surface area contributed by atoms with E-state index < -0.39 is 5.91 Å². The molecule has 0 atom stereocenters. The predicted molar refractivity (Wildman–Crippen MR) is 148 cm³/mol. The molecule has 0 saturated carbocycles. The number of ether oxygens (including phenoxy) is 3. The van der Waals surface area contributed by atoms with E-state index in [0.717, 1.165) is 11.1 Å². The van der Waals surface area contributed by atoms with Gasteiger partial charge in [0.05, 0.1) is 18.7 Å². The first-order valence-corrected chi connectivity index (χ1v) is 12.2. The summed E-state index contributed by atoms with van der Waals surface area (Å²) >= 11 is 6.42. The molecule has 0 aromatic heterocycles.